The summed E-state index contributed by atoms with van der Waals surface area (Å²) in [6.07, 6.45) is 3.88. The van der Waals surface area contributed by atoms with Gasteiger partial charge in [0.1, 0.15) is 22.6 Å². The Kier molecular flexibility index (Phi) is 9.02. The number of nitrogens with zero attached hydrogens (tertiary/aromatic N) is 5. The fraction of sp³-hybridized carbons (Fsp3) is 0.407. The number of halogens is 1. The number of nitrogens with one attached hydrogen (secondary N) is 3. The summed E-state index contributed by atoms with van der Waals surface area (Å²) in [5.41, 5.74) is 3.37. The predicted octanol–water partition coefficient (Wildman–Crippen LogP) is 3.80. The van der Waals surface area contributed by atoms with Crippen LogP contribution in [-0.4, -0.2) is 78.5 Å². The molecule has 10 nitrogen and oxygen atoms in total. The van der Waals surface area contributed by atoms with E-state index in [9.17, 15) is 4.21 Å². The number of piperazine rings is 1. The van der Waals surface area contributed by atoms with E-state index in [1.54, 1.807) is 24.7 Å². The fourth-order valence-electron chi connectivity index (χ4n) is 5.18. The molecule has 2 aliphatic heterocycles. The first-order valence-electron chi connectivity index (χ1n) is 13.2. The van der Waals surface area contributed by atoms with Crippen LogP contribution in [0.3, 0.4) is 0 Å². The number of aromatic nitrogens is 2. The van der Waals surface area contributed by atoms with Gasteiger partial charge in [-0.25, -0.2) is 9.19 Å². The number of ether oxygens (including phenoxy) is 1. The summed E-state index contributed by atoms with van der Waals surface area (Å²) in [6.45, 7) is 6.53. The lowest BCUT2D eigenvalue weighted by Crippen LogP contribution is -2.52. The van der Waals surface area contributed by atoms with Gasteiger partial charge in [-0.05, 0) is 37.1 Å². The monoisotopic (exact) mass is 570 g/mol. The van der Waals surface area contributed by atoms with Crippen LogP contribution in [0.15, 0.2) is 48.7 Å². The molecule has 2 fully saturated rings. The second-order valence-electron chi connectivity index (χ2n) is 9.65. The summed E-state index contributed by atoms with van der Waals surface area (Å²) in [5.74, 6) is 1.52. The number of benzene rings is 2. The van der Waals surface area contributed by atoms with E-state index < -0.39 is 0 Å². The highest BCUT2D eigenvalue weighted by molar-refractivity contribution is 7.67. The molecule has 0 radical (unpaired) electrons. The Morgan fingerprint density at radius 2 is 1.85 bits per heavy atom. The van der Waals surface area contributed by atoms with Crippen molar-refractivity contribution in [2.24, 2.45) is 0 Å². The second kappa shape index (κ2) is 12.8. The van der Waals surface area contributed by atoms with Gasteiger partial charge in [-0.2, -0.15) is 4.98 Å². The van der Waals surface area contributed by atoms with Crippen molar-refractivity contribution in [1.82, 2.24) is 20.2 Å². The molecule has 0 spiro atoms. The minimum absolute atomic E-state index is 0.120. The fourth-order valence-corrected chi connectivity index (χ4v) is 5.59. The number of para-hydroxylation sites is 2. The minimum Gasteiger partial charge on any atom is -0.494 e. The smallest absolute Gasteiger partial charge is 0.229 e. The third kappa shape index (κ3) is 6.55. The molecule has 3 N–H and O–H groups in total. The highest BCUT2D eigenvalue weighted by Crippen LogP contribution is 2.34. The Morgan fingerprint density at radius 1 is 1.08 bits per heavy atom. The molecule has 0 unspecified atom stereocenters. The zero-order valence-electron chi connectivity index (χ0n) is 22.2. The number of rotatable bonds is 9. The molecule has 12 heteroatoms. The normalized spacial score (nSPS) is 16.6. The van der Waals surface area contributed by atoms with Gasteiger partial charge in [-0.1, -0.05) is 23.7 Å². The molecule has 0 saturated carbocycles. The molecule has 0 atom stereocenters. The van der Waals surface area contributed by atoms with E-state index in [4.69, 9.17) is 16.3 Å². The largest absolute Gasteiger partial charge is 0.494 e. The van der Waals surface area contributed by atoms with Crippen molar-refractivity contribution in [2.45, 2.75) is 18.9 Å². The highest BCUT2D eigenvalue weighted by atomic mass is 35.5. The first kappa shape index (κ1) is 27.4. The summed E-state index contributed by atoms with van der Waals surface area (Å²) >= 11 is 6.29. The van der Waals surface area contributed by atoms with Crippen LogP contribution in [0.4, 0.5) is 34.5 Å². The predicted molar refractivity (Wildman–Crippen MR) is 161 cm³/mol. The van der Waals surface area contributed by atoms with Gasteiger partial charge in [-0.3, -0.25) is 9.21 Å². The summed E-state index contributed by atoms with van der Waals surface area (Å²) in [7, 11) is 3.40. The molecule has 3 heterocycles. The molecule has 39 heavy (non-hydrogen) atoms. The van der Waals surface area contributed by atoms with Crippen molar-refractivity contribution in [3.8, 4) is 5.75 Å². The summed E-state index contributed by atoms with van der Waals surface area (Å²) in [4.78, 5) is 14.0. The Bertz CT molecular complexity index is 1280. The lowest BCUT2D eigenvalue weighted by atomic mass is 10.0. The van der Waals surface area contributed by atoms with E-state index in [1.807, 2.05) is 30.3 Å². The van der Waals surface area contributed by atoms with Crippen molar-refractivity contribution in [3.05, 3.63) is 53.7 Å². The van der Waals surface area contributed by atoms with Crippen LogP contribution < -0.4 is 29.9 Å². The minimum atomic E-state index is -0.120. The molecular weight excluding hydrogens is 536 g/mol. The Balaban J connectivity index is 1.28. The SMILES string of the molecule is COc1cc(N2CCC(N3CCNCC3)CC2)ccc1Nc1ncc(Cl)c(Nc2ccccc2N(C)[SH]=O)n1. The first-order chi connectivity index (χ1) is 19.1. The molecule has 2 aromatic carbocycles. The van der Waals surface area contributed by atoms with Crippen LogP contribution in [0.1, 0.15) is 12.8 Å². The highest BCUT2D eigenvalue weighted by Gasteiger charge is 2.26. The van der Waals surface area contributed by atoms with Crippen molar-refractivity contribution in [3.63, 3.8) is 0 Å². The Labute approximate surface area is 238 Å². The van der Waals surface area contributed by atoms with Crippen LogP contribution in [0.2, 0.25) is 5.02 Å². The molecular formula is C27H35ClN8O2S. The van der Waals surface area contributed by atoms with E-state index in [0.29, 0.717) is 28.6 Å². The molecule has 2 saturated heterocycles. The average Bonchev–Trinajstić information content (AvgIpc) is 2.99. The standard InChI is InChI=1S/C27H35ClN8O2S/c1-34(39-37)24-6-4-3-5-22(24)31-26-21(28)18-30-27(33-26)32-23-8-7-20(17-25(23)38-2)35-13-9-19(10-14-35)36-15-11-29-12-16-36/h3-8,17-19,29,39H,9-16H2,1-2H3,(H2,30,31,32,33). The number of piperidine rings is 1. The topological polar surface area (TPSA) is 97.9 Å². The number of hydrogen-bond acceptors (Lipinski definition) is 9. The lowest BCUT2D eigenvalue weighted by Gasteiger charge is -2.41. The summed E-state index contributed by atoms with van der Waals surface area (Å²) < 4.78 is 18.7. The molecule has 2 aliphatic rings. The van der Waals surface area contributed by atoms with Gasteiger partial charge in [0, 0.05) is 64.1 Å². The molecule has 208 valence electrons. The van der Waals surface area contributed by atoms with E-state index >= 15 is 0 Å². The van der Waals surface area contributed by atoms with Crippen LogP contribution in [0, 0.1) is 0 Å². The van der Waals surface area contributed by atoms with Crippen LogP contribution in [0.25, 0.3) is 0 Å². The van der Waals surface area contributed by atoms with Crippen LogP contribution >= 0.6 is 11.6 Å². The van der Waals surface area contributed by atoms with Gasteiger partial charge in [0.2, 0.25) is 5.95 Å². The number of hydrogen-bond donors (Lipinski definition) is 4. The molecule has 0 aliphatic carbocycles. The third-order valence-electron chi connectivity index (χ3n) is 7.30. The van der Waals surface area contributed by atoms with Crippen molar-refractivity contribution in [2.75, 3.05) is 73.3 Å². The van der Waals surface area contributed by atoms with Crippen molar-refractivity contribution in [1.29, 1.82) is 0 Å². The van der Waals surface area contributed by atoms with E-state index in [2.05, 4.69) is 47.9 Å². The molecule has 3 aromatic rings. The average molecular weight is 571 g/mol. The zero-order chi connectivity index (χ0) is 27.2. The Morgan fingerprint density at radius 3 is 2.59 bits per heavy atom. The number of anilines is 6. The molecule has 5 rings (SSSR count). The number of thiol groups is 1. The van der Waals surface area contributed by atoms with E-state index in [-0.39, 0.29) is 11.9 Å². The molecule has 0 bridgehead atoms. The summed E-state index contributed by atoms with van der Waals surface area (Å²) in [5, 5.41) is 10.3. The van der Waals surface area contributed by atoms with Crippen molar-refractivity contribution >= 4 is 58.0 Å². The Hall–Kier alpha value is -3.12. The van der Waals surface area contributed by atoms with Crippen LogP contribution in [-0.2, 0) is 11.9 Å². The van der Waals surface area contributed by atoms with Crippen molar-refractivity contribution < 1.29 is 8.95 Å². The van der Waals surface area contributed by atoms with Crippen LogP contribution in [0.5, 0.6) is 5.75 Å². The van der Waals surface area contributed by atoms with Gasteiger partial charge in [-0.15, -0.1) is 0 Å². The molecule has 1 aromatic heterocycles. The lowest BCUT2D eigenvalue weighted by molar-refractivity contribution is 0.150. The van der Waals surface area contributed by atoms with E-state index in [0.717, 1.165) is 62.0 Å². The van der Waals surface area contributed by atoms with Gasteiger partial charge < -0.3 is 25.6 Å². The maximum Gasteiger partial charge on any atom is 0.229 e. The quantitative estimate of drug-likeness (QED) is 0.286. The number of methoxy groups -OCH3 is 1. The van der Waals surface area contributed by atoms with Gasteiger partial charge in [0.25, 0.3) is 0 Å². The second-order valence-corrected chi connectivity index (χ2v) is 10.8. The maximum absolute atomic E-state index is 11.4. The van der Waals surface area contributed by atoms with Gasteiger partial charge in [0.15, 0.2) is 5.82 Å². The van der Waals surface area contributed by atoms with Gasteiger partial charge >= 0.3 is 0 Å². The van der Waals surface area contributed by atoms with Gasteiger partial charge in [0.05, 0.1) is 30.4 Å². The van der Waals surface area contributed by atoms with E-state index in [1.165, 1.54) is 12.8 Å². The maximum atomic E-state index is 11.4. The molecule has 0 amide bonds. The zero-order valence-corrected chi connectivity index (χ0v) is 23.9. The first-order valence-corrected chi connectivity index (χ1v) is 14.3. The summed E-state index contributed by atoms with van der Waals surface area (Å²) in [6, 6.07) is 14.3. The third-order valence-corrected chi connectivity index (χ3v) is 8.04.